The van der Waals surface area contributed by atoms with Crippen molar-refractivity contribution in [3.8, 4) is 0 Å². The Balaban J connectivity index is 1.56. The van der Waals surface area contributed by atoms with Gasteiger partial charge in [-0.05, 0) is 48.2 Å². The Morgan fingerprint density at radius 3 is 2.53 bits per heavy atom. The molecule has 1 aliphatic heterocycles. The van der Waals surface area contributed by atoms with Gasteiger partial charge in [0.1, 0.15) is 0 Å². The minimum atomic E-state index is -0.704. The van der Waals surface area contributed by atoms with E-state index in [-0.39, 0.29) is 23.5 Å². The maximum absolute atomic E-state index is 12.5. The van der Waals surface area contributed by atoms with E-state index in [1.165, 1.54) is 11.8 Å². The molecule has 0 radical (unpaired) electrons. The molecule has 3 rings (SSSR count). The van der Waals surface area contributed by atoms with Gasteiger partial charge in [-0.25, -0.2) is 0 Å². The molecule has 1 unspecified atom stereocenters. The van der Waals surface area contributed by atoms with Crippen molar-refractivity contribution in [2.24, 2.45) is 0 Å². The maximum atomic E-state index is 12.5. The maximum Gasteiger partial charge on any atom is 0.237 e. The van der Waals surface area contributed by atoms with Gasteiger partial charge in [0, 0.05) is 27.9 Å². The van der Waals surface area contributed by atoms with Crippen molar-refractivity contribution in [2.75, 3.05) is 11.1 Å². The lowest BCUT2D eigenvalue weighted by Gasteiger charge is -2.35. The molecule has 30 heavy (non-hydrogen) atoms. The van der Waals surface area contributed by atoms with E-state index in [0.29, 0.717) is 40.7 Å². The number of thioether (sulfide) groups is 1. The summed E-state index contributed by atoms with van der Waals surface area (Å²) in [4.78, 5) is 36.2. The van der Waals surface area contributed by atoms with Crippen LogP contribution in [0.25, 0.3) is 0 Å². The number of hydrogen-bond acceptors (Lipinski definition) is 4. The van der Waals surface area contributed by atoms with Crippen LogP contribution in [0.15, 0.2) is 42.5 Å². The average molecular weight is 465 g/mol. The van der Waals surface area contributed by atoms with Crippen LogP contribution in [0.3, 0.4) is 0 Å². The highest BCUT2D eigenvalue weighted by atomic mass is 35.5. The lowest BCUT2D eigenvalue weighted by molar-refractivity contribution is -0.138. The van der Waals surface area contributed by atoms with Crippen LogP contribution in [0, 0.1) is 0 Å². The number of anilines is 1. The SMILES string of the molecule is CCC1(c2ccc(NC(=O)CSCc3ccc(Cl)cc3Cl)cc2)CCC(=O)NC1=O. The van der Waals surface area contributed by atoms with Crippen molar-refractivity contribution >= 4 is 58.4 Å². The number of carbonyl (C=O) groups is 3. The van der Waals surface area contributed by atoms with Crippen LogP contribution in [-0.2, 0) is 25.6 Å². The molecule has 1 fully saturated rings. The largest absolute Gasteiger partial charge is 0.325 e. The summed E-state index contributed by atoms with van der Waals surface area (Å²) >= 11 is 13.5. The minimum Gasteiger partial charge on any atom is -0.325 e. The molecular formula is C22H22Cl2N2O3S. The summed E-state index contributed by atoms with van der Waals surface area (Å²) in [5, 5.41) is 6.47. The molecule has 0 saturated carbocycles. The molecule has 0 spiro atoms. The van der Waals surface area contributed by atoms with Crippen LogP contribution in [0.2, 0.25) is 10.0 Å². The van der Waals surface area contributed by atoms with Gasteiger partial charge in [0.25, 0.3) is 0 Å². The first-order chi connectivity index (χ1) is 14.3. The van der Waals surface area contributed by atoms with Crippen molar-refractivity contribution in [3.63, 3.8) is 0 Å². The van der Waals surface area contributed by atoms with Crippen LogP contribution < -0.4 is 10.6 Å². The Morgan fingerprint density at radius 1 is 1.17 bits per heavy atom. The van der Waals surface area contributed by atoms with Crippen LogP contribution >= 0.6 is 35.0 Å². The van der Waals surface area contributed by atoms with E-state index in [1.807, 2.05) is 25.1 Å². The molecule has 1 heterocycles. The molecule has 3 amide bonds. The number of amides is 3. The van der Waals surface area contributed by atoms with Gasteiger partial charge in [-0.1, -0.05) is 48.3 Å². The molecular weight excluding hydrogens is 443 g/mol. The molecule has 1 aliphatic rings. The van der Waals surface area contributed by atoms with E-state index in [1.54, 1.807) is 24.3 Å². The van der Waals surface area contributed by atoms with E-state index in [2.05, 4.69) is 10.6 Å². The molecule has 2 N–H and O–H groups in total. The number of rotatable bonds is 7. The second kappa shape index (κ2) is 9.86. The fourth-order valence-electron chi connectivity index (χ4n) is 3.53. The number of piperidine rings is 1. The quantitative estimate of drug-likeness (QED) is 0.568. The van der Waals surface area contributed by atoms with Crippen LogP contribution in [-0.4, -0.2) is 23.5 Å². The fraction of sp³-hybridized carbons (Fsp3) is 0.318. The molecule has 1 saturated heterocycles. The zero-order valence-electron chi connectivity index (χ0n) is 16.5. The zero-order chi connectivity index (χ0) is 21.7. The summed E-state index contributed by atoms with van der Waals surface area (Å²) in [7, 11) is 0. The van der Waals surface area contributed by atoms with Gasteiger partial charge in [0.05, 0.1) is 11.2 Å². The summed E-state index contributed by atoms with van der Waals surface area (Å²) in [5.41, 5.74) is 1.73. The Morgan fingerprint density at radius 2 is 1.90 bits per heavy atom. The highest BCUT2D eigenvalue weighted by molar-refractivity contribution is 7.99. The molecule has 8 heteroatoms. The first-order valence-corrected chi connectivity index (χ1v) is 11.5. The van der Waals surface area contributed by atoms with E-state index in [4.69, 9.17) is 23.2 Å². The number of nitrogens with one attached hydrogen (secondary N) is 2. The van der Waals surface area contributed by atoms with Crippen LogP contribution in [0.1, 0.15) is 37.3 Å². The normalized spacial score (nSPS) is 18.8. The van der Waals surface area contributed by atoms with Gasteiger partial charge < -0.3 is 5.32 Å². The van der Waals surface area contributed by atoms with Crippen molar-refractivity contribution < 1.29 is 14.4 Å². The number of hydrogen-bond donors (Lipinski definition) is 2. The summed E-state index contributed by atoms with van der Waals surface area (Å²) < 4.78 is 0. The third-order valence-corrected chi connectivity index (χ3v) is 6.87. The molecule has 0 aliphatic carbocycles. The number of halogens is 2. The van der Waals surface area contributed by atoms with E-state index in [9.17, 15) is 14.4 Å². The van der Waals surface area contributed by atoms with Gasteiger partial charge in [0.2, 0.25) is 17.7 Å². The Labute approximate surface area is 189 Å². The van der Waals surface area contributed by atoms with Crippen molar-refractivity contribution in [3.05, 3.63) is 63.6 Å². The predicted octanol–water partition coefficient (Wildman–Crippen LogP) is 4.95. The highest BCUT2D eigenvalue weighted by Gasteiger charge is 2.42. The van der Waals surface area contributed by atoms with Crippen LogP contribution in [0.5, 0.6) is 0 Å². The first-order valence-electron chi connectivity index (χ1n) is 9.60. The summed E-state index contributed by atoms with van der Waals surface area (Å²) in [5.74, 6) is 0.281. The third kappa shape index (κ3) is 5.17. The Kier molecular flexibility index (Phi) is 7.45. The van der Waals surface area contributed by atoms with Gasteiger partial charge in [-0.3, -0.25) is 19.7 Å². The van der Waals surface area contributed by atoms with Gasteiger partial charge in [-0.2, -0.15) is 0 Å². The first kappa shape index (κ1) is 22.7. The topological polar surface area (TPSA) is 75.3 Å². The zero-order valence-corrected chi connectivity index (χ0v) is 18.8. The van der Waals surface area contributed by atoms with Crippen molar-refractivity contribution in [1.29, 1.82) is 0 Å². The number of benzene rings is 2. The molecule has 2 aromatic carbocycles. The van der Waals surface area contributed by atoms with Gasteiger partial charge >= 0.3 is 0 Å². The van der Waals surface area contributed by atoms with E-state index < -0.39 is 5.41 Å². The van der Waals surface area contributed by atoms with Crippen molar-refractivity contribution in [1.82, 2.24) is 5.32 Å². The van der Waals surface area contributed by atoms with Crippen molar-refractivity contribution in [2.45, 2.75) is 37.4 Å². The second-order valence-electron chi connectivity index (χ2n) is 7.17. The molecule has 158 valence electrons. The monoisotopic (exact) mass is 464 g/mol. The van der Waals surface area contributed by atoms with Gasteiger partial charge in [-0.15, -0.1) is 11.8 Å². The fourth-order valence-corrected chi connectivity index (χ4v) is 4.91. The molecule has 5 nitrogen and oxygen atoms in total. The molecule has 2 aromatic rings. The minimum absolute atomic E-state index is 0.121. The number of carbonyl (C=O) groups excluding carboxylic acids is 3. The lowest BCUT2D eigenvalue weighted by Crippen LogP contribution is -2.51. The van der Waals surface area contributed by atoms with Gasteiger partial charge in [0.15, 0.2) is 0 Å². The summed E-state index contributed by atoms with van der Waals surface area (Å²) in [6, 6.07) is 12.6. The predicted molar refractivity (Wildman–Crippen MR) is 122 cm³/mol. The van der Waals surface area contributed by atoms with Crippen LogP contribution in [0.4, 0.5) is 5.69 Å². The highest BCUT2D eigenvalue weighted by Crippen LogP contribution is 2.36. The second-order valence-corrected chi connectivity index (χ2v) is 9.00. The summed E-state index contributed by atoms with van der Waals surface area (Å²) in [6.07, 6.45) is 1.42. The van der Waals surface area contributed by atoms with E-state index >= 15 is 0 Å². The lowest BCUT2D eigenvalue weighted by atomic mass is 9.72. The molecule has 0 bridgehead atoms. The van der Waals surface area contributed by atoms with E-state index in [0.717, 1.165) is 11.1 Å². The Bertz CT molecular complexity index is 965. The molecule has 0 aromatic heterocycles. The Hall–Kier alpha value is -2.02. The third-order valence-electron chi connectivity index (χ3n) is 5.30. The smallest absolute Gasteiger partial charge is 0.237 e. The average Bonchev–Trinajstić information content (AvgIpc) is 2.71. The standard InChI is InChI=1S/C22H22Cl2N2O3S/c1-2-22(10-9-19(27)26-21(22)29)15-4-7-17(8-5-15)25-20(28)13-30-12-14-3-6-16(23)11-18(14)24/h3-8,11H,2,9-10,12-13H2,1H3,(H,25,28)(H,26,27,29). The molecule has 1 atom stereocenters. The number of imide groups is 1. The summed E-state index contributed by atoms with van der Waals surface area (Å²) in [6.45, 7) is 1.94.